The highest BCUT2D eigenvalue weighted by Gasteiger charge is 2.27. The molecular weight excluding hydrogens is 321 g/mol. The predicted octanol–water partition coefficient (Wildman–Crippen LogP) is 3.20. The molecule has 1 amide bonds. The van der Waals surface area contributed by atoms with E-state index in [1.165, 1.54) is 12.1 Å². The number of hydrogen-bond donors (Lipinski definition) is 2. The average molecular weight is 337 g/mol. The van der Waals surface area contributed by atoms with Gasteiger partial charge in [-0.25, -0.2) is 9.37 Å². The molecule has 0 saturated carbocycles. The molecule has 25 heavy (non-hydrogen) atoms. The fourth-order valence-electron chi connectivity index (χ4n) is 3.40. The van der Waals surface area contributed by atoms with E-state index in [0.717, 1.165) is 11.1 Å². The Morgan fingerprint density at radius 3 is 3.04 bits per heavy atom. The Morgan fingerprint density at radius 1 is 1.36 bits per heavy atom. The topological polar surface area (TPSA) is 75.1 Å². The van der Waals surface area contributed by atoms with Crippen LogP contribution in [0.3, 0.4) is 0 Å². The van der Waals surface area contributed by atoms with E-state index in [1.54, 1.807) is 31.3 Å². The van der Waals surface area contributed by atoms with Crippen molar-refractivity contribution in [1.82, 2.24) is 15.3 Å². The van der Waals surface area contributed by atoms with E-state index in [2.05, 4.69) is 15.3 Å². The SMILES string of the molecule is Cc1nc(C(=O)NC2CCc3cc(F)ccc32)c(O)c2ncccc12. The Balaban J connectivity index is 1.67. The molecule has 1 atom stereocenters. The lowest BCUT2D eigenvalue weighted by Gasteiger charge is -2.15. The molecule has 0 fully saturated rings. The summed E-state index contributed by atoms with van der Waals surface area (Å²) in [6.45, 7) is 1.77. The Hall–Kier alpha value is -3.02. The number of pyridine rings is 2. The van der Waals surface area contributed by atoms with Gasteiger partial charge in [0.25, 0.3) is 5.91 Å². The maximum atomic E-state index is 13.3. The molecule has 4 rings (SSSR count). The van der Waals surface area contributed by atoms with Crippen LogP contribution in [-0.4, -0.2) is 21.0 Å². The van der Waals surface area contributed by atoms with Crippen LogP contribution in [0, 0.1) is 12.7 Å². The van der Waals surface area contributed by atoms with Gasteiger partial charge in [-0.05, 0) is 55.2 Å². The molecule has 1 unspecified atom stereocenters. The molecule has 1 aromatic carbocycles. The van der Waals surface area contributed by atoms with Gasteiger partial charge in [0.2, 0.25) is 0 Å². The zero-order chi connectivity index (χ0) is 17.6. The van der Waals surface area contributed by atoms with E-state index in [9.17, 15) is 14.3 Å². The summed E-state index contributed by atoms with van der Waals surface area (Å²) in [6, 6.07) is 7.93. The average Bonchev–Trinajstić information content (AvgIpc) is 3.00. The number of nitrogens with zero attached hydrogens (tertiary/aromatic N) is 2. The zero-order valence-corrected chi connectivity index (χ0v) is 13.6. The number of halogens is 1. The molecular formula is C19H16FN3O2. The molecule has 6 heteroatoms. The van der Waals surface area contributed by atoms with Gasteiger partial charge < -0.3 is 10.4 Å². The molecule has 126 valence electrons. The number of amides is 1. The van der Waals surface area contributed by atoms with Crippen LogP contribution < -0.4 is 5.32 Å². The number of aromatic hydroxyl groups is 1. The first-order chi connectivity index (χ1) is 12.0. The maximum Gasteiger partial charge on any atom is 0.274 e. The number of rotatable bonds is 2. The molecule has 0 aliphatic heterocycles. The van der Waals surface area contributed by atoms with E-state index in [1.807, 2.05) is 0 Å². The number of hydrogen-bond acceptors (Lipinski definition) is 4. The second-order valence-electron chi connectivity index (χ2n) is 6.20. The second-order valence-corrected chi connectivity index (χ2v) is 6.20. The molecule has 2 heterocycles. The maximum absolute atomic E-state index is 13.3. The lowest BCUT2D eigenvalue weighted by Crippen LogP contribution is -2.28. The van der Waals surface area contributed by atoms with Crippen LogP contribution in [0.1, 0.15) is 39.8 Å². The van der Waals surface area contributed by atoms with Crippen molar-refractivity contribution in [2.75, 3.05) is 0 Å². The van der Waals surface area contributed by atoms with Crippen molar-refractivity contribution in [3.8, 4) is 5.75 Å². The highest BCUT2D eigenvalue weighted by molar-refractivity contribution is 6.01. The van der Waals surface area contributed by atoms with Gasteiger partial charge in [0.1, 0.15) is 11.3 Å². The van der Waals surface area contributed by atoms with E-state index in [-0.39, 0.29) is 23.3 Å². The van der Waals surface area contributed by atoms with Gasteiger partial charge in [-0.15, -0.1) is 0 Å². The molecule has 3 aromatic rings. The number of benzene rings is 1. The number of nitrogens with one attached hydrogen (secondary N) is 1. The Morgan fingerprint density at radius 2 is 2.20 bits per heavy atom. The van der Waals surface area contributed by atoms with Crippen LogP contribution in [0.2, 0.25) is 0 Å². The molecule has 1 aliphatic rings. The van der Waals surface area contributed by atoms with E-state index in [0.29, 0.717) is 29.4 Å². The van der Waals surface area contributed by atoms with Crippen molar-refractivity contribution in [3.05, 3.63) is 64.9 Å². The molecule has 1 aliphatic carbocycles. The second kappa shape index (κ2) is 5.81. The minimum Gasteiger partial charge on any atom is -0.504 e. The number of aromatic nitrogens is 2. The van der Waals surface area contributed by atoms with Crippen molar-refractivity contribution in [1.29, 1.82) is 0 Å². The molecule has 0 spiro atoms. The highest BCUT2D eigenvalue weighted by Crippen LogP contribution is 2.33. The summed E-state index contributed by atoms with van der Waals surface area (Å²) >= 11 is 0. The van der Waals surface area contributed by atoms with Crippen LogP contribution in [0.4, 0.5) is 4.39 Å². The summed E-state index contributed by atoms with van der Waals surface area (Å²) in [7, 11) is 0. The standard InChI is InChI=1S/C19H16FN3O2/c1-10-13-3-2-8-21-16(13)18(24)17(22-10)19(25)23-15-7-4-11-9-12(20)5-6-14(11)15/h2-3,5-6,8-9,15,24H,4,7H2,1H3,(H,23,25). The van der Waals surface area contributed by atoms with Gasteiger partial charge >= 0.3 is 0 Å². The van der Waals surface area contributed by atoms with Crippen molar-refractivity contribution >= 4 is 16.8 Å². The van der Waals surface area contributed by atoms with Crippen LogP contribution in [0.25, 0.3) is 10.9 Å². The monoisotopic (exact) mass is 337 g/mol. The zero-order valence-electron chi connectivity index (χ0n) is 13.6. The number of carbonyl (C=O) groups is 1. The molecule has 5 nitrogen and oxygen atoms in total. The summed E-state index contributed by atoms with van der Waals surface area (Å²) in [5.74, 6) is -0.965. The summed E-state index contributed by atoms with van der Waals surface area (Å²) in [6.07, 6.45) is 2.96. The van der Waals surface area contributed by atoms with Gasteiger partial charge in [0.05, 0.1) is 6.04 Å². The van der Waals surface area contributed by atoms with Crippen molar-refractivity contribution in [2.45, 2.75) is 25.8 Å². The largest absolute Gasteiger partial charge is 0.504 e. The fourth-order valence-corrected chi connectivity index (χ4v) is 3.40. The van der Waals surface area contributed by atoms with Crippen LogP contribution in [0.5, 0.6) is 5.75 Å². The van der Waals surface area contributed by atoms with Crippen molar-refractivity contribution in [3.63, 3.8) is 0 Å². The number of carbonyl (C=O) groups excluding carboxylic acids is 1. The van der Waals surface area contributed by atoms with Crippen LogP contribution in [-0.2, 0) is 6.42 Å². The van der Waals surface area contributed by atoms with Crippen LogP contribution in [0.15, 0.2) is 36.5 Å². The summed E-state index contributed by atoms with van der Waals surface area (Å²) in [5, 5.41) is 14.0. The van der Waals surface area contributed by atoms with E-state index < -0.39 is 5.91 Å². The first-order valence-electron chi connectivity index (χ1n) is 8.08. The van der Waals surface area contributed by atoms with E-state index in [4.69, 9.17) is 0 Å². The third-order valence-corrected chi connectivity index (χ3v) is 4.63. The van der Waals surface area contributed by atoms with Gasteiger partial charge in [0.15, 0.2) is 11.4 Å². The Kier molecular flexibility index (Phi) is 3.60. The van der Waals surface area contributed by atoms with Crippen LogP contribution >= 0.6 is 0 Å². The van der Waals surface area contributed by atoms with Gasteiger partial charge in [-0.1, -0.05) is 6.07 Å². The fraction of sp³-hybridized carbons (Fsp3) is 0.211. The quantitative estimate of drug-likeness (QED) is 0.753. The minimum atomic E-state index is -0.463. The molecule has 0 radical (unpaired) electrons. The Bertz CT molecular complexity index is 1000. The minimum absolute atomic E-state index is 0.0424. The lowest BCUT2D eigenvalue weighted by molar-refractivity contribution is 0.0928. The third kappa shape index (κ3) is 2.59. The first kappa shape index (κ1) is 15.5. The third-order valence-electron chi connectivity index (χ3n) is 4.63. The predicted molar refractivity (Wildman–Crippen MR) is 90.9 cm³/mol. The summed E-state index contributed by atoms with van der Waals surface area (Å²) in [5.41, 5.74) is 2.75. The Labute approximate surface area is 143 Å². The van der Waals surface area contributed by atoms with E-state index >= 15 is 0 Å². The van der Waals surface area contributed by atoms with Gasteiger partial charge in [-0.3, -0.25) is 9.78 Å². The molecule has 2 N–H and O–H groups in total. The summed E-state index contributed by atoms with van der Waals surface area (Å²) in [4.78, 5) is 21.1. The molecule has 2 aromatic heterocycles. The smallest absolute Gasteiger partial charge is 0.274 e. The normalized spacial score (nSPS) is 16.0. The van der Waals surface area contributed by atoms with Crippen molar-refractivity contribution < 1.29 is 14.3 Å². The molecule has 0 bridgehead atoms. The lowest BCUT2D eigenvalue weighted by atomic mass is 10.1. The number of fused-ring (bicyclic) bond motifs is 2. The first-order valence-corrected chi connectivity index (χ1v) is 8.08. The number of aryl methyl sites for hydroxylation is 2. The molecule has 0 saturated heterocycles. The van der Waals surface area contributed by atoms with Gasteiger partial charge in [-0.2, -0.15) is 0 Å². The van der Waals surface area contributed by atoms with Gasteiger partial charge in [0, 0.05) is 17.3 Å². The summed E-state index contributed by atoms with van der Waals surface area (Å²) < 4.78 is 13.3. The highest BCUT2D eigenvalue weighted by atomic mass is 19.1. The van der Waals surface area contributed by atoms with Crippen molar-refractivity contribution in [2.24, 2.45) is 0 Å².